The third kappa shape index (κ3) is 5.62. The molecule has 182 valence electrons. The van der Waals surface area contributed by atoms with Gasteiger partial charge in [-0.3, -0.25) is 0 Å². The van der Waals surface area contributed by atoms with E-state index in [4.69, 9.17) is 19.7 Å². The molecule has 4 aromatic rings. The summed E-state index contributed by atoms with van der Waals surface area (Å²) in [5.41, 5.74) is 2.78. The molecule has 9 nitrogen and oxygen atoms in total. The molecule has 4 aromatic heterocycles. The first-order valence-electron chi connectivity index (χ1n) is 12.4. The zero-order chi connectivity index (χ0) is 24.0. The first-order chi connectivity index (χ1) is 17.2. The van der Waals surface area contributed by atoms with Gasteiger partial charge in [0, 0.05) is 67.3 Å². The topological polar surface area (TPSA) is 92.5 Å². The Morgan fingerprint density at radius 2 is 1.80 bits per heavy atom. The number of nitrogens with one attached hydrogen (secondary N) is 2. The van der Waals surface area contributed by atoms with Crippen molar-refractivity contribution < 1.29 is 4.74 Å². The maximum Gasteiger partial charge on any atom is 0.232 e. The predicted octanol–water partition coefficient (Wildman–Crippen LogP) is 5.35. The van der Waals surface area contributed by atoms with E-state index in [0.29, 0.717) is 17.6 Å². The molecule has 0 atom stereocenters. The first-order valence-corrected chi connectivity index (χ1v) is 12.4. The minimum absolute atomic E-state index is 0.500. The van der Waals surface area contributed by atoms with Gasteiger partial charge < -0.3 is 24.7 Å². The van der Waals surface area contributed by atoms with E-state index in [9.17, 15) is 0 Å². The van der Waals surface area contributed by atoms with E-state index in [1.54, 1.807) is 13.3 Å². The van der Waals surface area contributed by atoms with Gasteiger partial charge in [-0.2, -0.15) is 9.97 Å². The van der Waals surface area contributed by atoms with Gasteiger partial charge in [0.2, 0.25) is 5.95 Å². The van der Waals surface area contributed by atoms with Gasteiger partial charge >= 0.3 is 0 Å². The average Bonchev–Trinajstić information content (AvgIpc) is 3.36. The Morgan fingerprint density at radius 1 is 0.943 bits per heavy atom. The van der Waals surface area contributed by atoms with E-state index in [1.807, 2.05) is 47.1 Å². The molecule has 5 rings (SSSR count). The van der Waals surface area contributed by atoms with Crippen LogP contribution >= 0.6 is 0 Å². The summed E-state index contributed by atoms with van der Waals surface area (Å²) in [7, 11) is 1.68. The minimum atomic E-state index is 0.500. The number of pyridine rings is 2. The van der Waals surface area contributed by atoms with Crippen LogP contribution in [0.25, 0.3) is 5.65 Å². The van der Waals surface area contributed by atoms with Crippen LogP contribution in [0.15, 0.2) is 48.9 Å². The number of rotatable bonds is 9. The van der Waals surface area contributed by atoms with Crippen LogP contribution in [0.1, 0.15) is 44.7 Å². The summed E-state index contributed by atoms with van der Waals surface area (Å²) < 4.78 is 7.49. The molecule has 0 unspecified atom stereocenters. The van der Waals surface area contributed by atoms with Gasteiger partial charge in [-0.25, -0.2) is 9.97 Å². The van der Waals surface area contributed by atoms with Gasteiger partial charge in [0.25, 0.3) is 0 Å². The van der Waals surface area contributed by atoms with Crippen molar-refractivity contribution in [2.75, 3.05) is 35.7 Å². The molecule has 9 heteroatoms. The van der Waals surface area contributed by atoms with Crippen molar-refractivity contribution >= 4 is 34.7 Å². The highest BCUT2D eigenvalue weighted by Gasteiger charge is 2.16. The smallest absolute Gasteiger partial charge is 0.232 e. The van der Waals surface area contributed by atoms with E-state index in [0.717, 1.165) is 60.9 Å². The van der Waals surface area contributed by atoms with Gasteiger partial charge in [-0.1, -0.05) is 13.3 Å². The number of aryl methyl sites for hydroxylation is 1. The molecular weight excluding hydrogens is 440 g/mol. The van der Waals surface area contributed by atoms with Crippen molar-refractivity contribution in [3.05, 3.63) is 54.6 Å². The molecule has 1 fully saturated rings. The molecule has 1 aliphatic rings. The number of anilines is 5. The standard InChI is InChI=1S/C26H32N8O/c1-3-4-8-19-15-21(35-2)17-22(28-19)30-26-31-23(18-25(32-26)33-11-6-5-7-12-33)29-20-9-13-34-14-10-27-24(34)16-20/h9-10,13-18H,3-8,11-12H2,1-2H3,(H2,28,29,30,31,32). The fraction of sp³-hybridized carbons (Fsp3) is 0.385. The highest BCUT2D eigenvalue weighted by atomic mass is 16.5. The molecule has 0 aliphatic carbocycles. The van der Waals surface area contributed by atoms with Crippen LogP contribution in [0.2, 0.25) is 0 Å². The van der Waals surface area contributed by atoms with Gasteiger partial charge in [-0.15, -0.1) is 0 Å². The molecule has 2 N–H and O–H groups in total. The van der Waals surface area contributed by atoms with Crippen LogP contribution in [-0.4, -0.2) is 44.5 Å². The number of fused-ring (bicyclic) bond motifs is 1. The Labute approximate surface area is 205 Å². The molecule has 1 saturated heterocycles. The number of unbranched alkanes of at least 4 members (excludes halogenated alkanes) is 1. The van der Waals surface area contributed by atoms with Crippen LogP contribution in [-0.2, 0) is 6.42 Å². The Bertz CT molecular complexity index is 1280. The molecule has 0 bridgehead atoms. The predicted molar refractivity (Wildman–Crippen MR) is 139 cm³/mol. The molecule has 0 amide bonds. The van der Waals surface area contributed by atoms with Crippen molar-refractivity contribution in [2.45, 2.75) is 45.4 Å². The average molecular weight is 473 g/mol. The molecule has 0 aromatic carbocycles. The number of ether oxygens (including phenoxy) is 1. The Balaban J connectivity index is 1.46. The van der Waals surface area contributed by atoms with Crippen LogP contribution < -0.4 is 20.3 Å². The van der Waals surface area contributed by atoms with E-state index >= 15 is 0 Å². The zero-order valence-corrected chi connectivity index (χ0v) is 20.4. The normalized spacial score (nSPS) is 13.7. The summed E-state index contributed by atoms with van der Waals surface area (Å²) in [6.07, 6.45) is 12.4. The number of nitrogens with zero attached hydrogens (tertiary/aromatic N) is 6. The van der Waals surface area contributed by atoms with Gasteiger partial charge in [0.15, 0.2) is 0 Å². The number of hydrogen-bond acceptors (Lipinski definition) is 8. The van der Waals surface area contributed by atoms with Crippen molar-refractivity contribution in [3.8, 4) is 5.75 Å². The summed E-state index contributed by atoms with van der Waals surface area (Å²) in [5.74, 6) is 3.57. The zero-order valence-electron chi connectivity index (χ0n) is 20.4. The van der Waals surface area contributed by atoms with E-state index < -0.39 is 0 Å². The lowest BCUT2D eigenvalue weighted by molar-refractivity contribution is 0.413. The van der Waals surface area contributed by atoms with Crippen molar-refractivity contribution in [1.82, 2.24) is 24.3 Å². The second kappa shape index (κ2) is 10.6. The number of methoxy groups -OCH3 is 1. The molecule has 1 aliphatic heterocycles. The summed E-state index contributed by atoms with van der Waals surface area (Å²) in [5, 5.41) is 6.77. The summed E-state index contributed by atoms with van der Waals surface area (Å²) in [6.45, 7) is 4.17. The second-order valence-electron chi connectivity index (χ2n) is 8.83. The quantitative estimate of drug-likeness (QED) is 0.337. The molecule has 0 radical (unpaired) electrons. The van der Waals surface area contributed by atoms with Crippen molar-refractivity contribution in [3.63, 3.8) is 0 Å². The Morgan fingerprint density at radius 3 is 2.63 bits per heavy atom. The largest absolute Gasteiger partial charge is 0.497 e. The fourth-order valence-corrected chi connectivity index (χ4v) is 4.32. The van der Waals surface area contributed by atoms with E-state index in [-0.39, 0.29) is 0 Å². The highest BCUT2D eigenvalue weighted by Crippen LogP contribution is 2.27. The monoisotopic (exact) mass is 472 g/mol. The van der Waals surface area contributed by atoms with Crippen LogP contribution in [0.3, 0.4) is 0 Å². The van der Waals surface area contributed by atoms with E-state index in [1.165, 1.54) is 19.3 Å². The van der Waals surface area contributed by atoms with Crippen LogP contribution in [0, 0.1) is 0 Å². The Kier molecular flexibility index (Phi) is 6.92. The molecule has 35 heavy (non-hydrogen) atoms. The van der Waals surface area contributed by atoms with Gasteiger partial charge in [0.05, 0.1) is 7.11 Å². The maximum absolute atomic E-state index is 5.51. The minimum Gasteiger partial charge on any atom is -0.497 e. The van der Waals surface area contributed by atoms with Gasteiger partial charge in [0.1, 0.15) is 28.9 Å². The number of piperidine rings is 1. The maximum atomic E-state index is 5.51. The third-order valence-electron chi connectivity index (χ3n) is 6.18. The molecular formula is C26H32N8O. The second-order valence-corrected chi connectivity index (χ2v) is 8.83. The third-order valence-corrected chi connectivity index (χ3v) is 6.18. The first kappa shape index (κ1) is 22.9. The summed E-state index contributed by atoms with van der Waals surface area (Å²) >= 11 is 0. The summed E-state index contributed by atoms with van der Waals surface area (Å²) in [6, 6.07) is 9.89. The number of aromatic nitrogens is 5. The number of imidazole rings is 1. The molecule has 0 spiro atoms. The van der Waals surface area contributed by atoms with Crippen molar-refractivity contribution in [1.29, 1.82) is 0 Å². The highest BCUT2D eigenvalue weighted by molar-refractivity contribution is 5.66. The van der Waals surface area contributed by atoms with Crippen LogP contribution in [0.4, 0.5) is 29.1 Å². The van der Waals surface area contributed by atoms with Gasteiger partial charge in [-0.05, 0) is 38.2 Å². The number of hydrogen-bond donors (Lipinski definition) is 2. The SMILES string of the molecule is CCCCc1cc(OC)cc(Nc2nc(Nc3ccn4ccnc4c3)cc(N3CCCCC3)n2)n1. The Hall–Kier alpha value is -3.88. The fourth-order valence-electron chi connectivity index (χ4n) is 4.32. The van der Waals surface area contributed by atoms with Crippen molar-refractivity contribution in [2.24, 2.45) is 0 Å². The molecule has 5 heterocycles. The lowest BCUT2D eigenvalue weighted by Crippen LogP contribution is -2.30. The lowest BCUT2D eigenvalue weighted by atomic mass is 10.1. The molecule has 0 saturated carbocycles. The summed E-state index contributed by atoms with van der Waals surface area (Å²) in [4.78, 5) is 21.1. The lowest BCUT2D eigenvalue weighted by Gasteiger charge is -2.28. The van der Waals surface area contributed by atoms with Crippen LogP contribution in [0.5, 0.6) is 5.75 Å². The van der Waals surface area contributed by atoms with E-state index in [2.05, 4.69) is 27.4 Å².